The lowest BCUT2D eigenvalue weighted by molar-refractivity contribution is -0.137. The standard InChI is InChI=1S/C12H22N2O3S/c1-18(16,17)14-9-5-11(6-10-14)12(15)13-7-3-2-4-8-13/h11H,2-10H2,1H3. The molecule has 0 N–H and O–H groups in total. The first-order valence-corrected chi connectivity index (χ1v) is 8.57. The molecule has 2 saturated heterocycles. The second kappa shape index (κ2) is 5.57. The molecule has 18 heavy (non-hydrogen) atoms. The summed E-state index contributed by atoms with van der Waals surface area (Å²) in [5, 5.41) is 0. The molecule has 0 spiro atoms. The lowest BCUT2D eigenvalue weighted by Crippen LogP contribution is -2.45. The first-order valence-electron chi connectivity index (χ1n) is 6.72. The number of carbonyl (C=O) groups excluding carboxylic acids is 1. The van der Waals surface area contributed by atoms with Gasteiger partial charge in [0.05, 0.1) is 6.26 Å². The Morgan fingerprint density at radius 1 is 1.00 bits per heavy atom. The molecule has 0 aromatic heterocycles. The lowest BCUT2D eigenvalue weighted by atomic mass is 9.95. The summed E-state index contributed by atoms with van der Waals surface area (Å²) in [6, 6.07) is 0. The molecule has 0 aromatic carbocycles. The van der Waals surface area contributed by atoms with Gasteiger partial charge in [0.15, 0.2) is 0 Å². The number of hydrogen-bond donors (Lipinski definition) is 0. The van der Waals surface area contributed by atoms with Gasteiger partial charge in [-0.3, -0.25) is 4.79 Å². The number of likely N-dealkylation sites (tertiary alicyclic amines) is 1. The van der Waals surface area contributed by atoms with Gasteiger partial charge >= 0.3 is 0 Å². The highest BCUT2D eigenvalue weighted by atomic mass is 32.2. The highest BCUT2D eigenvalue weighted by Gasteiger charge is 2.31. The Hall–Kier alpha value is -0.620. The van der Waals surface area contributed by atoms with Crippen LogP contribution < -0.4 is 0 Å². The molecule has 6 heteroatoms. The fourth-order valence-corrected chi connectivity index (χ4v) is 3.68. The number of piperidine rings is 2. The fourth-order valence-electron chi connectivity index (χ4n) is 2.81. The fraction of sp³-hybridized carbons (Fsp3) is 0.917. The topological polar surface area (TPSA) is 57.7 Å². The predicted octanol–water partition coefficient (Wildman–Crippen LogP) is 0.670. The van der Waals surface area contributed by atoms with Crippen molar-refractivity contribution in [2.45, 2.75) is 32.1 Å². The summed E-state index contributed by atoms with van der Waals surface area (Å²) in [5.41, 5.74) is 0. The third-order valence-corrected chi connectivity index (χ3v) is 5.24. The van der Waals surface area contributed by atoms with E-state index in [9.17, 15) is 13.2 Å². The monoisotopic (exact) mass is 274 g/mol. The summed E-state index contributed by atoms with van der Waals surface area (Å²) < 4.78 is 24.3. The Morgan fingerprint density at radius 2 is 1.56 bits per heavy atom. The van der Waals surface area contributed by atoms with Gasteiger partial charge < -0.3 is 4.90 Å². The van der Waals surface area contributed by atoms with Crippen LogP contribution in [-0.2, 0) is 14.8 Å². The van der Waals surface area contributed by atoms with E-state index in [0.717, 1.165) is 25.9 Å². The Balaban J connectivity index is 1.87. The van der Waals surface area contributed by atoms with E-state index in [0.29, 0.717) is 25.9 Å². The van der Waals surface area contributed by atoms with Crippen LogP contribution in [0.3, 0.4) is 0 Å². The molecule has 2 fully saturated rings. The van der Waals surface area contributed by atoms with E-state index in [-0.39, 0.29) is 11.8 Å². The Labute approximate surface area is 109 Å². The molecule has 2 rings (SSSR count). The van der Waals surface area contributed by atoms with Gasteiger partial charge in [-0.25, -0.2) is 12.7 Å². The van der Waals surface area contributed by atoms with Crippen molar-refractivity contribution >= 4 is 15.9 Å². The summed E-state index contributed by atoms with van der Waals surface area (Å²) in [7, 11) is -3.09. The van der Waals surface area contributed by atoms with Crippen LogP contribution in [0.25, 0.3) is 0 Å². The molecular weight excluding hydrogens is 252 g/mol. The number of hydrogen-bond acceptors (Lipinski definition) is 3. The van der Waals surface area contributed by atoms with E-state index in [1.807, 2.05) is 4.90 Å². The minimum atomic E-state index is -3.09. The summed E-state index contributed by atoms with van der Waals surface area (Å²) in [6.07, 6.45) is 6.00. The van der Waals surface area contributed by atoms with Gasteiger partial charge in [-0.1, -0.05) is 0 Å². The largest absolute Gasteiger partial charge is 0.342 e. The van der Waals surface area contributed by atoms with Crippen LogP contribution in [0.5, 0.6) is 0 Å². The van der Waals surface area contributed by atoms with Crippen molar-refractivity contribution in [2.75, 3.05) is 32.4 Å². The van der Waals surface area contributed by atoms with Crippen molar-refractivity contribution in [3.8, 4) is 0 Å². The number of nitrogens with zero attached hydrogens (tertiary/aromatic N) is 2. The van der Waals surface area contributed by atoms with Gasteiger partial charge in [0.25, 0.3) is 0 Å². The molecule has 2 heterocycles. The van der Waals surface area contributed by atoms with E-state index in [1.165, 1.54) is 17.0 Å². The van der Waals surface area contributed by atoms with Crippen LogP contribution >= 0.6 is 0 Å². The van der Waals surface area contributed by atoms with Gasteiger partial charge in [-0.15, -0.1) is 0 Å². The maximum atomic E-state index is 12.3. The maximum absolute atomic E-state index is 12.3. The van der Waals surface area contributed by atoms with Crippen LogP contribution in [0, 0.1) is 5.92 Å². The number of carbonyl (C=O) groups is 1. The molecule has 2 aliphatic rings. The quantitative estimate of drug-likeness (QED) is 0.743. The molecule has 0 aromatic rings. The molecule has 0 bridgehead atoms. The van der Waals surface area contributed by atoms with Crippen molar-refractivity contribution in [3.63, 3.8) is 0 Å². The van der Waals surface area contributed by atoms with Crippen LogP contribution in [0.15, 0.2) is 0 Å². The maximum Gasteiger partial charge on any atom is 0.225 e. The SMILES string of the molecule is CS(=O)(=O)N1CCC(C(=O)N2CCCCC2)CC1. The average molecular weight is 274 g/mol. The zero-order chi connectivity index (χ0) is 13.2. The molecule has 0 aliphatic carbocycles. The van der Waals surface area contributed by atoms with E-state index in [1.54, 1.807) is 0 Å². The minimum absolute atomic E-state index is 0.0288. The third-order valence-electron chi connectivity index (χ3n) is 3.94. The molecule has 5 nitrogen and oxygen atoms in total. The average Bonchev–Trinajstić information content (AvgIpc) is 2.38. The van der Waals surface area contributed by atoms with Crippen LogP contribution in [0.4, 0.5) is 0 Å². The minimum Gasteiger partial charge on any atom is -0.342 e. The summed E-state index contributed by atoms with van der Waals surface area (Å²) >= 11 is 0. The summed E-state index contributed by atoms with van der Waals surface area (Å²) in [6.45, 7) is 2.74. The van der Waals surface area contributed by atoms with Gasteiger partial charge in [-0.05, 0) is 32.1 Å². The molecular formula is C12H22N2O3S. The van der Waals surface area contributed by atoms with Gasteiger partial charge in [-0.2, -0.15) is 0 Å². The predicted molar refractivity (Wildman–Crippen MR) is 69.6 cm³/mol. The molecule has 2 aliphatic heterocycles. The van der Waals surface area contributed by atoms with E-state index in [4.69, 9.17) is 0 Å². The normalized spacial score (nSPS) is 24.2. The number of rotatable bonds is 2. The van der Waals surface area contributed by atoms with Crippen molar-refractivity contribution in [1.29, 1.82) is 0 Å². The molecule has 0 atom stereocenters. The molecule has 0 unspecified atom stereocenters. The lowest BCUT2D eigenvalue weighted by Gasteiger charge is -2.34. The first kappa shape index (κ1) is 13.8. The van der Waals surface area contributed by atoms with Gasteiger partial charge in [0.2, 0.25) is 15.9 Å². The smallest absolute Gasteiger partial charge is 0.225 e. The van der Waals surface area contributed by atoms with Gasteiger partial charge in [0, 0.05) is 32.1 Å². The Bertz CT molecular complexity index is 394. The van der Waals surface area contributed by atoms with Crippen molar-refractivity contribution in [1.82, 2.24) is 9.21 Å². The molecule has 104 valence electrons. The zero-order valence-corrected chi connectivity index (χ0v) is 11.8. The second-order valence-corrected chi connectivity index (χ2v) is 7.30. The van der Waals surface area contributed by atoms with E-state index in [2.05, 4.69) is 0 Å². The number of sulfonamides is 1. The van der Waals surface area contributed by atoms with Crippen LogP contribution in [-0.4, -0.2) is 56.0 Å². The summed E-state index contributed by atoms with van der Waals surface area (Å²) in [5.74, 6) is 0.268. The van der Waals surface area contributed by atoms with Crippen molar-refractivity contribution in [3.05, 3.63) is 0 Å². The highest BCUT2D eigenvalue weighted by molar-refractivity contribution is 7.88. The number of amides is 1. The molecule has 0 saturated carbocycles. The Kier molecular flexibility index (Phi) is 4.27. The third kappa shape index (κ3) is 3.23. The van der Waals surface area contributed by atoms with E-state index >= 15 is 0 Å². The van der Waals surface area contributed by atoms with Crippen LogP contribution in [0.2, 0.25) is 0 Å². The zero-order valence-electron chi connectivity index (χ0n) is 11.0. The molecule has 1 amide bonds. The van der Waals surface area contributed by atoms with Crippen LogP contribution in [0.1, 0.15) is 32.1 Å². The second-order valence-electron chi connectivity index (χ2n) is 5.32. The van der Waals surface area contributed by atoms with Gasteiger partial charge in [0.1, 0.15) is 0 Å². The van der Waals surface area contributed by atoms with Crippen molar-refractivity contribution in [2.24, 2.45) is 5.92 Å². The highest BCUT2D eigenvalue weighted by Crippen LogP contribution is 2.22. The molecule has 0 radical (unpaired) electrons. The van der Waals surface area contributed by atoms with Crippen molar-refractivity contribution < 1.29 is 13.2 Å². The Morgan fingerprint density at radius 3 is 2.06 bits per heavy atom. The van der Waals surface area contributed by atoms with E-state index < -0.39 is 10.0 Å². The first-order chi connectivity index (χ1) is 8.48. The summed E-state index contributed by atoms with van der Waals surface area (Å²) in [4.78, 5) is 14.2.